The lowest BCUT2D eigenvalue weighted by atomic mass is 9.86. The van der Waals surface area contributed by atoms with Gasteiger partial charge in [0.15, 0.2) is 13.8 Å². The largest absolute Gasteiger partial charge is 0.777 e. The number of nitrogens with zero attached hydrogens (tertiary/aromatic N) is 2. The van der Waals surface area contributed by atoms with Crippen molar-refractivity contribution in [1.29, 1.82) is 0 Å². The van der Waals surface area contributed by atoms with Crippen LogP contribution in [0.5, 0.6) is 0 Å². The van der Waals surface area contributed by atoms with E-state index < -0.39 is 93.3 Å². The summed E-state index contributed by atoms with van der Waals surface area (Å²) >= 11 is 0. The summed E-state index contributed by atoms with van der Waals surface area (Å²) in [6, 6.07) is 1.25. The Morgan fingerprint density at radius 2 is 1.94 bits per heavy atom. The van der Waals surface area contributed by atoms with Crippen LogP contribution < -0.4 is 16.3 Å². The van der Waals surface area contributed by atoms with Crippen molar-refractivity contribution in [1.82, 2.24) is 9.55 Å². The van der Waals surface area contributed by atoms with Gasteiger partial charge in [-0.05, 0) is 6.07 Å². The van der Waals surface area contributed by atoms with E-state index in [1.54, 1.807) is 0 Å². The molecule has 4 unspecified atom stereocenters. The molecule has 17 heteroatoms. The molecule has 2 aliphatic heterocycles. The molecule has 1 aromatic rings. The highest BCUT2D eigenvalue weighted by molar-refractivity contribution is 7.51. The van der Waals surface area contributed by atoms with Crippen molar-refractivity contribution in [3.63, 3.8) is 0 Å². The molecule has 206 valence electrons. The van der Waals surface area contributed by atoms with Crippen LogP contribution in [0, 0.1) is 5.92 Å². The Balaban J connectivity index is 1.66. The molecule has 2 aliphatic rings. The van der Waals surface area contributed by atoms with Crippen LogP contribution in [0.4, 0.5) is 5.82 Å². The summed E-state index contributed by atoms with van der Waals surface area (Å²) < 4.78 is 29.2. The molecule has 0 bridgehead atoms. The van der Waals surface area contributed by atoms with Gasteiger partial charge in [-0.3, -0.25) is 4.57 Å². The van der Waals surface area contributed by atoms with Crippen LogP contribution in [0.3, 0.4) is 0 Å². The molecule has 36 heavy (non-hydrogen) atoms. The van der Waals surface area contributed by atoms with Crippen LogP contribution in [0.25, 0.3) is 0 Å². The number of rotatable bonds is 9. The fourth-order valence-corrected chi connectivity index (χ4v) is 5.24. The molecule has 0 radical (unpaired) electrons. The van der Waals surface area contributed by atoms with Gasteiger partial charge in [-0.15, -0.1) is 0 Å². The number of hydrogen-bond acceptors (Lipinski definition) is 15. The average Bonchev–Trinajstić information content (AvgIpc) is 3.11. The van der Waals surface area contributed by atoms with Gasteiger partial charge in [0, 0.05) is 18.5 Å². The molecule has 1 aromatic heterocycles. The van der Waals surface area contributed by atoms with Gasteiger partial charge in [0.1, 0.15) is 42.2 Å². The molecule has 3 heterocycles. The fraction of sp³-hybridized carbons (Fsp3) is 0.789. The van der Waals surface area contributed by atoms with E-state index >= 15 is 0 Å². The third kappa shape index (κ3) is 5.96. The molecule has 2 saturated heterocycles. The van der Waals surface area contributed by atoms with Gasteiger partial charge in [0.2, 0.25) is 0 Å². The molecule has 16 nitrogen and oxygen atoms in total. The zero-order chi connectivity index (χ0) is 26.9. The lowest BCUT2D eigenvalue weighted by molar-refractivity contribution is -0.233. The molecular weight excluding hydrogens is 509 g/mol. The van der Waals surface area contributed by atoms with E-state index in [0.29, 0.717) is 0 Å². The van der Waals surface area contributed by atoms with E-state index in [4.69, 9.17) is 24.8 Å². The van der Waals surface area contributed by atoms with Crippen LogP contribution in [-0.4, -0.2) is 113 Å². The van der Waals surface area contributed by atoms with E-state index in [2.05, 4.69) is 4.98 Å². The quantitative estimate of drug-likeness (QED) is 0.137. The van der Waals surface area contributed by atoms with Gasteiger partial charge in [-0.2, -0.15) is 4.98 Å². The summed E-state index contributed by atoms with van der Waals surface area (Å²) in [4.78, 5) is 28.1. The van der Waals surface area contributed by atoms with Crippen molar-refractivity contribution >= 4 is 13.4 Å². The Morgan fingerprint density at radius 3 is 2.56 bits per heavy atom. The van der Waals surface area contributed by atoms with Gasteiger partial charge in [-0.25, -0.2) is 4.79 Å². The Labute approximate surface area is 204 Å². The summed E-state index contributed by atoms with van der Waals surface area (Å²) in [7, 11) is -5.19. The number of hydrogen-bond donors (Lipinski definition) is 8. The number of ether oxygens (including phenoxy) is 2. The number of anilines is 1. The third-order valence-corrected chi connectivity index (χ3v) is 7.88. The minimum atomic E-state index is -5.19. The summed E-state index contributed by atoms with van der Waals surface area (Å²) in [5.74, 6) is -3.19. The first-order valence-corrected chi connectivity index (χ1v) is 12.7. The normalized spacial score (nSPS) is 37.2. The van der Waals surface area contributed by atoms with Crippen molar-refractivity contribution in [2.24, 2.45) is 5.92 Å². The molecule has 12 atom stereocenters. The Morgan fingerprint density at radius 1 is 1.28 bits per heavy atom. The van der Waals surface area contributed by atoms with Crippen molar-refractivity contribution in [3.05, 3.63) is 22.7 Å². The van der Waals surface area contributed by atoms with Crippen molar-refractivity contribution < 1.29 is 59.2 Å². The minimum absolute atomic E-state index is 0.0875. The second-order valence-corrected chi connectivity index (χ2v) is 10.7. The van der Waals surface area contributed by atoms with E-state index in [1.165, 1.54) is 19.2 Å². The van der Waals surface area contributed by atoms with Gasteiger partial charge in [0.25, 0.3) is 0 Å². The lowest BCUT2D eigenvalue weighted by Gasteiger charge is -2.44. The molecule has 0 aromatic carbocycles. The number of aliphatic hydroxyl groups is 7. The Kier molecular flexibility index (Phi) is 9.25. The Bertz CT molecular complexity index is 998. The van der Waals surface area contributed by atoms with Crippen LogP contribution in [0.1, 0.15) is 19.6 Å². The average molecular weight is 540 g/mol. The smallest absolute Gasteiger partial charge is 0.351 e. The fourth-order valence-electron chi connectivity index (χ4n) is 4.14. The van der Waals surface area contributed by atoms with E-state index in [-0.39, 0.29) is 12.2 Å². The van der Waals surface area contributed by atoms with Gasteiger partial charge in [0.05, 0.1) is 31.5 Å². The molecule has 9 N–H and O–H groups in total. The predicted octanol–water partition coefficient (Wildman–Crippen LogP) is -4.80. The second kappa shape index (κ2) is 11.5. The van der Waals surface area contributed by atoms with E-state index in [9.17, 15) is 44.9 Å². The lowest BCUT2D eigenvalue weighted by Crippen LogP contribution is -2.55. The summed E-state index contributed by atoms with van der Waals surface area (Å²) in [6.45, 7) is -0.207. The highest BCUT2D eigenvalue weighted by Crippen LogP contribution is 2.47. The topological polar surface area (TPSA) is 270 Å². The van der Waals surface area contributed by atoms with Crippen LogP contribution >= 0.6 is 7.60 Å². The van der Waals surface area contributed by atoms with Crippen LogP contribution in [0.15, 0.2) is 17.1 Å². The van der Waals surface area contributed by atoms with Crippen LogP contribution in [0.2, 0.25) is 0 Å². The van der Waals surface area contributed by atoms with Crippen molar-refractivity contribution in [3.8, 4) is 0 Å². The number of nitrogen functional groups attached to an aromatic ring is 1. The number of aromatic nitrogens is 2. The molecule has 0 aliphatic carbocycles. The number of nitrogens with two attached hydrogens (primary N) is 1. The molecule has 3 rings (SSSR count). The zero-order valence-electron chi connectivity index (χ0n) is 19.1. The predicted molar refractivity (Wildman–Crippen MR) is 116 cm³/mol. The molecule has 0 spiro atoms. The third-order valence-electron chi connectivity index (χ3n) is 6.39. The van der Waals surface area contributed by atoms with E-state index in [1.807, 2.05) is 0 Å². The molecular formula is C19H31N3O13P-. The summed E-state index contributed by atoms with van der Waals surface area (Å²) in [5.41, 5.74) is 4.53. The highest BCUT2D eigenvalue weighted by Gasteiger charge is 2.47. The summed E-state index contributed by atoms with van der Waals surface area (Å²) in [5, 5.41) is 70.2. The maximum absolute atomic E-state index is 12.6. The molecule has 0 saturated carbocycles. The second-order valence-electron chi connectivity index (χ2n) is 8.88. The van der Waals surface area contributed by atoms with Crippen LogP contribution in [-0.2, 0) is 18.6 Å². The highest BCUT2D eigenvalue weighted by atomic mass is 31.2. The number of aliphatic hydroxyl groups excluding tert-OH is 7. The Hall–Kier alpha value is -1.53. The van der Waals surface area contributed by atoms with Gasteiger partial charge in [-0.1, -0.05) is 6.92 Å². The van der Waals surface area contributed by atoms with Crippen molar-refractivity contribution in [2.45, 2.75) is 74.2 Å². The molecule has 2 fully saturated rings. The van der Waals surface area contributed by atoms with Crippen molar-refractivity contribution in [2.75, 3.05) is 18.9 Å². The standard InChI is InChI=1S/C19H32N3O13P/c1-7-8(24)4-10(34-16(7)13(26)9(25)5-23)18(29)36(31,32)33-6-11-14(27)15(28)17(35-11)22-3-2-12(20)21-19(22)30/h2-3,7-11,13-18,23-29H,4-6H2,1H3,(H,31,32)(H2,20,21,30)/p-1/t7-,8-,9-,10-,11-,13-,14+,15?,16?,17-,18?/m1/s1. The van der Waals surface area contributed by atoms with Gasteiger partial charge >= 0.3 is 5.69 Å². The zero-order valence-corrected chi connectivity index (χ0v) is 20.0. The maximum atomic E-state index is 12.6. The monoisotopic (exact) mass is 540 g/mol. The molecule has 0 amide bonds. The van der Waals surface area contributed by atoms with E-state index in [0.717, 1.165) is 4.57 Å². The minimum Gasteiger partial charge on any atom is -0.777 e. The van der Waals surface area contributed by atoms with Gasteiger partial charge < -0.3 is 64.9 Å². The first-order chi connectivity index (χ1) is 16.8. The first-order valence-electron chi connectivity index (χ1n) is 11.1. The first kappa shape index (κ1) is 29.0. The SMILES string of the molecule is C[C@H]1C([C@H](O)[C@H](O)CO)O[C@@H](C(O)P(=O)([O-])OC[C@H]2O[C@@H](n3ccc(N)nc3=O)C(O)[C@H]2O)C[C@H]1O. The maximum Gasteiger partial charge on any atom is 0.351 e. The summed E-state index contributed by atoms with van der Waals surface area (Å²) in [6.07, 6.45) is -12.8.